The van der Waals surface area contributed by atoms with Gasteiger partial charge in [-0.3, -0.25) is 9.59 Å². The van der Waals surface area contributed by atoms with Crippen LogP contribution in [-0.2, 0) is 33.3 Å². The standard InChI is InChI=1S/C82H139NO8/c1-6-8-10-12-14-16-18-20-22-24-26-28-30-32-33-34-35-36-37-38-39-40-41-42-43-44-45-46-47-49-50-52-54-56-58-60-62-64-66-68-70-72-79(84)89-76-78(77-90-82(81(86)87)88-75-74-83(3,4)5)91-80(85)73-71-69-67-65-63-61-59-57-55-53-51-48-31-29-27-25-23-21-19-17-15-13-11-9-7-2/h8-11,14-17,20-23,26-29,32-33,48,51,55,57,78,82H,6-7,12-13,18-19,24-25,30-31,34-47,49-50,52-54,56,58-77H2,1-5H3/p+1/b10-8-,11-9-,16-14-,17-15-,22-20-,23-21-,28-26-,29-27-,33-32-,51-48-,57-55-. The van der Waals surface area contributed by atoms with Crippen LogP contribution in [0.1, 0.15) is 309 Å². The Morgan fingerprint density at radius 2 is 0.593 bits per heavy atom. The minimum atomic E-state index is -1.52. The van der Waals surface area contributed by atoms with Crippen LogP contribution < -0.4 is 0 Å². The third-order valence-electron chi connectivity index (χ3n) is 15.9. The highest BCUT2D eigenvalue weighted by molar-refractivity contribution is 5.71. The molecule has 9 heteroatoms. The van der Waals surface area contributed by atoms with Crippen molar-refractivity contribution in [2.45, 2.75) is 322 Å². The highest BCUT2D eigenvalue weighted by Crippen LogP contribution is 2.18. The zero-order valence-electron chi connectivity index (χ0n) is 59.5. The maximum atomic E-state index is 12.9. The fourth-order valence-corrected chi connectivity index (χ4v) is 10.3. The van der Waals surface area contributed by atoms with Gasteiger partial charge < -0.3 is 28.5 Å². The minimum Gasteiger partial charge on any atom is -0.477 e. The summed E-state index contributed by atoms with van der Waals surface area (Å²) < 4.78 is 23.0. The van der Waals surface area contributed by atoms with E-state index in [4.69, 9.17) is 18.9 Å². The second kappa shape index (κ2) is 71.3. The van der Waals surface area contributed by atoms with Crippen molar-refractivity contribution in [2.24, 2.45) is 0 Å². The molecule has 2 atom stereocenters. The van der Waals surface area contributed by atoms with Crippen LogP contribution in [-0.4, -0.2) is 87.4 Å². The molecule has 0 heterocycles. The number of carbonyl (C=O) groups is 3. The topological polar surface area (TPSA) is 108 Å². The molecule has 0 bridgehead atoms. The monoisotopic (exact) mass is 1270 g/mol. The van der Waals surface area contributed by atoms with E-state index < -0.39 is 24.3 Å². The largest absolute Gasteiger partial charge is 0.477 e. The summed E-state index contributed by atoms with van der Waals surface area (Å²) in [5, 5.41) is 9.75. The first kappa shape index (κ1) is 86.4. The molecule has 0 spiro atoms. The quantitative estimate of drug-likeness (QED) is 0.0211. The molecule has 0 amide bonds. The van der Waals surface area contributed by atoms with Crippen molar-refractivity contribution >= 4 is 17.9 Å². The Morgan fingerprint density at radius 3 is 0.879 bits per heavy atom. The van der Waals surface area contributed by atoms with E-state index in [2.05, 4.69) is 148 Å². The number of hydrogen-bond acceptors (Lipinski definition) is 7. The smallest absolute Gasteiger partial charge is 0.361 e. The lowest BCUT2D eigenvalue weighted by Gasteiger charge is -2.25. The van der Waals surface area contributed by atoms with Gasteiger partial charge in [-0.15, -0.1) is 0 Å². The first-order valence-electron chi connectivity index (χ1n) is 37.3. The van der Waals surface area contributed by atoms with Crippen molar-refractivity contribution in [3.05, 3.63) is 134 Å². The summed E-state index contributed by atoms with van der Waals surface area (Å²) in [7, 11) is 5.97. The molecule has 0 fully saturated rings. The molecule has 520 valence electrons. The number of quaternary nitrogens is 1. The number of hydrogen-bond donors (Lipinski definition) is 1. The lowest BCUT2D eigenvalue weighted by molar-refractivity contribution is -0.870. The van der Waals surface area contributed by atoms with Gasteiger partial charge in [0.15, 0.2) is 6.10 Å². The third-order valence-corrected chi connectivity index (χ3v) is 15.9. The van der Waals surface area contributed by atoms with Gasteiger partial charge in [0.2, 0.25) is 0 Å². The summed E-state index contributed by atoms with van der Waals surface area (Å²) in [5.41, 5.74) is 0. The Morgan fingerprint density at radius 1 is 0.330 bits per heavy atom. The van der Waals surface area contributed by atoms with Crippen molar-refractivity contribution in [3.63, 3.8) is 0 Å². The van der Waals surface area contributed by atoms with Gasteiger partial charge in [-0.1, -0.05) is 321 Å². The Labute approximate surface area is 560 Å². The van der Waals surface area contributed by atoms with Crippen molar-refractivity contribution in [1.29, 1.82) is 0 Å². The number of unbranched alkanes of at least 4 members (excludes halogenated alkanes) is 31. The van der Waals surface area contributed by atoms with Gasteiger partial charge >= 0.3 is 17.9 Å². The van der Waals surface area contributed by atoms with Gasteiger partial charge in [0, 0.05) is 12.8 Å². The number of allylic oxidation sites excluding steroid dienone is 22. The van der Waals surface area contributed by atoms with Gasteiger partial charge in [-0.2, -0.15) is 0 Å². The SMILES string of the molecule is CC/C=C\C/C=C\C/C=C\C/C=C\C/C=C\C/C=C\CCCCCCCCC(=O)OC(COC(=O)CCCCCCCCCCCCCCCCCCCCCCCCCCC/C=C\C/C=C\C/C=C\C/C=C\C/C=C\CC)COC(OCC[N+](C)(C)C)C(=O)O. The van der Waals surface area contributed by atoms with E-state index in [1.165, 1.54) is 148 Å². The zero-order valence-corrected chi connectivity index (χ0v) is 59.5. The van der Waals surface area contributed by atoms with E-state index in [-0.39, 0.29) is 32.2 Å². The lowest BCUT2D eigenvalue weighted by Crippen LogP contribution is -2.40. The van der Waals surface area contributed by atoms with Crippen LogP contribution in [0.4, 0.5) is 0 Å². The molecule has 0 radical (unpaired) electrons. The Bertz CT molecular complexity index is 1960. The van der Waals surface area contributed by atoms with Crippen molar-refractivity contribution in [3.8, 4) is 0 Å². The molecule has 0 aromatic heterocycles. The summed E-state index contributed by atoms with van der Waals surface area (Å²) in [5.74, 6) is -2.02. The number of likely N-dealkylation sites (N-methyl/N-ethyl adjacent to an activating group) is 1. The number of carbonyl (C=O) groups excluding carboxylic acids is 2. The number of rotatable bonds is 68. The molecule has 0 aliphatic carbocycles. The van der Waals surface area contributed by atoms with Crippen molar-refractivity contribution < 1.29 is 42.9 Å². The summed E-state index contributed by atoms with van der Waals surface area (Å²) in [6.07, 6.45) is 100. The summed E-state index contributed by atoms with van der Waals surface area (Å²) >= 11 is 0. The number of aliphatic carboxylic acids is 1. The zero-order chi connectivity index (χ0) is 66.1. The normalized spacial score (nSPS) is 13.5. The number of carboxylic acids is 1. The van der Waals surface area contributed by atoms with Crippen LogP contribution in [0.25, 0.3) is 0 Å². The number of nitrogens with zero attached hydrogens (tertiary/aromatic N) is 1. The van der Waals surface area contributed by atoms with Gasteiger partial charge in [-0.25, -0.2) is 4.79 Å². The molecule has 91 heavy (non-hydrogen) atoms. The second-order valence-electron chi connectivity index (χ2n) is 25.8. The van der Waals surface area contributed by atoms with Gasteiger partial charge in [0.1, 0.15) is 13.2 Å². The predicted molar refractivity (Wildman–Crippen MR) is 391 cm³/mol. The van der Waals surface area contributed by atoms with Gasteiger partial charge in [0.25, 0.3) is 6.29 Å². The maximum Gasteiger partial charge on any atom is 0.361 e. The molecular weight excluding hydrogens is 1130 g/mol. The fraction of sp³-hybridized carbons (Fsp3) is 0.695. The average Bonchev–Trinajstić information content (AvgIpc) is 3.46. The third kappa shape index (κ3) is 72.7. The number of carboxylic acid groups (broad SMARTS) is 1. The molecule has 9 nitrogen and oxygen atoms in total. The Hall–Kier alpha value is -4.57. The highest BCUT2D eigenvalue weighted by atomic mass is 16.7. The van der Waals surface area contributed by atoms with E-state index in [0.29, 0.717) is 23.9 Å². The first-order chi connectivity index (χ1) is 44.6. The van der Waals surface area contributed by atoms with Gasteiger partial charge in [-0.05, 0) is 109 Å². The van der Waals surface area contributed by atoms with E-state index in [0.717, 1.165) is 128 Å². The van der Waals surface area contributed by atoms with Crippen LogP contribution in [0, 0.1) is 0 Å². The fourth-order valence-electron chi connectivity index (χ4n) is 10.3. The van der Waals surface area contributed by atoms with E-state index >= 15 is 0 Å². The summed E-state index contributed by atoms with van der Waals surface area (Å²) in [6.45, 7) is 4.65. The molecule has 0 aromatic carbocycles. The van der Waals surface area contributed by atoms with Crippen LogP contribution in [0.15, 0.2) is 134 Å². The molecule has 2 unspecified atom stereocenters. The van der Waals surface area contributed by atoms with Crippen LogP contribution in [0.5, 0.6) is 0 Å². The van der Waals surface area contributed by atoms with Crippen molar-refractivity contribution in [1.82, 2.24) is 0 Å². The average molecular weight is 1270 g/mol. The minimum absolute atomic E-state index is 0.180. The van der Waals surface area contributed by atoms with E-state index in [9.17, 15) is 19.5 Å². The molecule has 0 rings (SSSR count). The first-order valence-corrected chi connectivity index (χ1v) is 37.3. The molecule has 0 saturated carbocycles. The molecule has 1 N–H and O–H groups in total. The number of esters is 2. The summed E-state index contributed by atoms with van der Waals surface area (Å²) in [4.78, 5) is 37.7. The maximum absolute atomic E-state index is 12.9. The molecule has 0 aliphatic rings. The van der Waals surface area contributed by atoms with Crippen LogP contribution in [0.2, 0.25) is 0 Å². The van der Waals surface area contributed by atoms with E-state index in [1.807, 2.05) is 21.1 Å². The van der Waals surface area contributed by atoms with E-state index in [1.54, 1.807) is 0 Å². The lowest BCUT2D eigenvalue weighted by atomic mass is 10.0. The molecular formula is C82H140NO8+. The Kier molecular flexibility index (Phi) is 67.7. The van der Waals surface area contributed by atoms with Gasteiger partial charge in [0.05, 0.1) is 34.4 Å². The Balaban J connectivity index is 4.02. The highest BCUT2D eigenvalue weighted by Gasteiger charge is 2.25. The summed E-state index contributed by atoms with van der Waals surface area (Å²) in [6, 6.07) is 0. The molecule has 0 saturated heterocycles. The van der Waals surface area contributed by atoms with Crippen LogP contribution >= 0.6 is 0 Å². The second-order valence-corrected chi connectivity index (χ2v) is 25.8. The molecule has 0 aromatic rings. The predicted octanol–water partition coefficient (Wildman–Crippen LogP) is 23.7. The molecule has 0 aliphatic heterocycles. The van der Waals surface area contributed by atoms with Crippen molar-refractivity contribution in [2.75, 3.05) is 47.5 Å². The number of ether oxygens (including phenoxy) is 4. The van der Waals surface area contributed by atoms with Crippen LogP contribution in [0.3, 0.4) is 0 Å².